The summed E-state index contributed by atoms with van der Waals surface area (Å²) in [6, 6.07) is 0. The largest absolute Gasteiger partial charge is 0.550 e. The smallest absolute Gasteiger partial charge is 0.306 e. The number of quaternary nitrogens is 1. The Morgan fingerprint density at radius 2 is 1.77 bits per heavy atom. The first kappa shape index (κ1) is 24.3. The van der Waals surface area contributed by atoms with Gasteiger partial charge in [0, 0.05) is 18.8 Å². The summed E-state index contributed by atoms with van der Waals surface area (Å²) in [5.74, 6) is -1.72. The topological polar surface area (TPSA) is 86.7 Å². The molecule has 0 bridgehead atoms. The lowest BCUT2D eigenvalue weighted by molar-refractivity contribution is -0.873. The molecule has 0 saturated heterocycles. The van der Waals surface area contributed by atoms with Crippen LogP contribution in [0, 0.1) is 0 Å². The van der Waals surface area contributed by atoms with Crippen LogP contribution in [-0.4, -0.2) is 61.4 Å². The van der Waals surface area contributed by atoms with Crippen molar-refractivity contribution >= 4 is 11.9 Å². The minimum Gasteiger partial charge on any atom is -0.550 e. The van der Waals surface area contributed by atoms with E-state index in [4.69, 9.17) is 4.74 Å². The standard InChI is InChI=1S/C20H35NO5/c1-5-6-7-8-9-10-11-12-17(22)13-14-20(25)26-18(15-19(23)24)16-21(2,3)4/h6-7,9-10,17-18,22H,5,8,11-16H2,1-4H3/b7-6+,10-9+. The number of nitrogens with zero attached hydrogens (tertiary/aromatic N) is 1. The highest BCUT2D eigenvalue weighted by Crippen LogP contribution is 2.10. The highest BCUT2D eigenvalue weighted by molar-refractivity contribution is 5.70. The number of carbonyl (C=O) groups is 2. The van der Waals surface area contributed by atoms with Crippen molar-refractivity contribution in [3.63, 3.8) is 0 Å². The van der Waals surface area contributed by atoms with Gasteiger partial charge in [0.2, 0.25) is 0 Å². The van der Waals surface area contributed by atoms with E-state index in [1.54, 1.807) is 0 Å². The van der Waals surface area contributed by atoms with E-state index < -0.39 is 24.1 Å². The van der Waals surface area contributed by atoms with Gasteiger partial charge in [0.1, 0.15) is 6.54 Å². The second kappa shape index (κ2) is 13.5. The van der Waals surface area contributed by atoms with Crippen molar-refractivity contribution in [1.82, 2.24) is 0 Å². The Kier molecular flexibility index (Phi) is 12.7. The molecule has 1 N–H and O–H groups in total. The maximum Gasteiger partial charge on any atom is 0.306 e. The van der Waals surface area contributed by atoms with Gasteiger partial charge >= 0.3 is 5.97 Å². The summed E-state index contributed by atoms with van der Waals surface area (Å²) in [6.07, 6.45) is 10.3. The normalized spacial score (nSPS) is 14.7. The Morgan fingerprint density at radius 1 is 1.12 bits per heavy atom. The molecule has 0 fully saturated rings. The second-order valence-electron chi connectivity index (χ2n) is 7.52. The van der Waals surface area contributed by atoms with Gasteiger partial charge in [0.05, 0.1) is 27.2 Å². The Hall–Kier alpha value is -1.66. The van der Waals surface area contributed by atoms with Crippen molar-refractivity contribution in [2.24, 2.45) is 0 Å². The van der Waals surface area contributed by atoms with E-state index >= 15 is 0 Å². The average Bonchev–Trinajstić information content (AvgIpc) is 2.49. The Bertz CT molecular complexity index is 465. The van der Waals surface area contributed by atoms with E-state index in [0.29, 0.717) is 23.9 Å². The number of rotatable bonds is 14. The molecule has 6 heteroatoms. The molecule has 0 aliphatic rings. The van der Waals surface area contributed by atoms with E-state index in [2.05, 4.69) is 25.2 Å². The van der Waals surface area contributed by atoms with E-state index in [9.17, 15) is 19.8 Å². The first-order valence-corrected chi connectivity index (χ1v) is 9.32. The number of aliphatic hydroxyl groups is 1. The van der Waals surface area contributed by atoms with Crippen LogP contribution in [0.2, 0.25) is 0 Å². The van der Waals surface area contributed by atoms with E-state index in [1.165, 1.54) is 0 Å². The molecule has 0 rings (SSSR count). The maximum absolute atomic E-state index is 11.9. The minimum atomic E-state index is -1.24. The van der Waals surface area contributed by atoms with Crippen LogP contribution in [-0.2, 0) is 14.3 Å². The molecule has 0 aliphatic carbocycles. The fourth-order valence-electron chi connectivity index (χ4n) is 2.46. The summed E-state index contributed by atoms with van der Waals surface area (Å²) in [5.41, 5.74) is 0. The molecule has 0 aliphatic heterocycles. The zero-order valence-electron chi connectivity index (χ0n) is 16.6. The number of carboxylic acid groups (broad SMARTS) is 1. The molecular weight excluding hydrogens is 334 g/mol. The van der Waals surface area contributed by atoms with Gasteiger partial charge < -0.3 is 24.2 Å². The number of hydrogen-bond donors (Lipinski definition) is 1. The lowest BCUT2D eigenvalue weighted by Gasteiger charge is -2.29. The van der Waals surface area contributed by atoms with Crippen molar-refractivity contribution in [2.45, 2.75) is 64.1 Å². The Balaban J connectivity index is 4.12. The number of aliphatic carboxylic acids is 1. The van der Waals surface area contributed by atoms with Gasteiger partial charge in [-0.25, -0.2) is 0 Å². The fraction of sp³-hybridized carbons (Fsp3) is 0.700. The number of esters is 1. The summed E-state index contributed by atoms with van der Waals surface area (Å²) < 4.78 is 5.74. The van der Waals surface area contributed by atoms with Crippen molar-refractivity contribution < 1.29 is 29.0 Å². The van der Waals surface area contributed by atoms with Gasteiger partial charge in [-0.1, -0.05) is 31.2 Å². The SMILES string of the molecule is CC/C=C/C/C=C/CCC(O)CCC(=O)OC(CC(=O)[O-])C[N+](C)(C)C. The first-order valence-electron chi connectivity index (χ1n) is 9.32. The van der Waals surface area contributed by atoms with Crippen molar-refractivity contribution in [2.75, 3.05) is 27.7 Å². The quantitative estimate of drug-likeness (QED) is 0.285. The summed E-state index contributed by atoms with van der Waals surface area (Å²) in [4.78, 5) is 22.7. The molecule has 0 amide bonds. The minimum absolute atomic E-state index is 0.0742. The van der Waals surface area contributed by atoms with Crippen LogP contribution in [0.1, 0.15) is 51.9 Å². The average molecular weight is 370 g/mol. The third-order valence-electron chi connectivity index (χ3n) is 3.63. The van der Waals surface area contributed by atoms with Crippen LogP contribution in [0.25, 0.3) is 0 Å². The third-order valence-corrected chi connectivity index (χ3v) is 3.63. The zero-order chi connectivity index (χ0) is 20.0. The number of aliphatic hydroxyl groups excluding tert-OH is 1. The molecule has 0 aromatic heterocycles. The lowest BCUT2D eigenvalue weighted by Crippen LogP contribution is -2.45. The number of carbonyl (C=O) groups excluding carboxylic acids is 2. The van der Waals surface area contributed by atoms with Crippen LogP contribution < -0.4 is 5.11 Å². The highest BCUT2D eigenvalue weighted by atomic mass is 16.5. The molecular formula is C20H35NO5. The number of carboxylic acids is 1. The molecule has 0 aromatic carbocycles. The van der Waals surface area contributed by atoms with Gasteiger partial charge in [0.15, 0.2) is 6.10 Å². The predicted octanol–water partition coefficient (Wildman–Crippen LogP) is 1.58. The molecule has 26 heavy (non-hydrogen) atoms. The molecule has 0 aromatic rings. The van der Waals surface area contributed by atoms with Crippen LogP contribution in [0.4, 0.5) is 0 Å². The van der Waals surface area contributed by atoms with Crippen LogP contribution in [0.15, 0.2) is 24.3 Å². The number of hydrogen-bond acceptors (Lipinski definition) is 5. The zero-order valence-corrected chi connectivity index (χ0v) is 16.6. The molecule has 2 unspecified atom stereocenters. The van der Waals surface area contributed by atoms with Crippen LogP contribution >= 0.6 is 0 Å². The molecule has 2 atom stereocenters. The summed E-state index contributed by atoms with van der Waals surface area (Å²) in [6.45, 7) is 2.48. The number of allylic oxidation sites excluding steroid dienone is 4. The summed E-state index contributed by atoms with van der Waals surface area (Å²) >= 11 is 0. The molecule has 0 heterocycles. The lowest BCUT2D eigenvalue weighted by atomic mass is 10.1. The van der Waals surface area contributed by atoms with E-state index in [1.807, 2.05) is 27.2 Å². The van der Waals surface area contributed by atoms with Gasteiger partial charge in [-0.15, -0.1) is 0 Å². The van der Waals surface area contributed by atoms with Gasteiger partial charge in [0.25, 0.3) is 0 Å². The number of likely N-dealkylation sites (N-methyl/N-ethyl adjacent to an activating group) is 1. The van der Waals surface area contributed by atoms with Crippen LogP contribution in [0.3, 0.4) is 0 Å². The van der Waals surface area contributed by atoms with Crippen LogP contribution in [0.5, 0.6) is 0 Å². The monoisotopic (exact) mass is 369 g/mol. The highest BCUT2D eigenvalue weighted by Gasteiger charge is 2.22. The van der Waals surface area contributed by atoms with Crippen molar-refractivity contribution in [3.8, 4) is 0 Å². The van der Waals surface area contributed by atoms with E-state index in [0.717, 1.165) is 19.3 Å². The van der Waals surface area contributed by atoms with Gasteiger partial charge in [-0.2, -0.15) is 0 Å². The Morgan fingerprint density at radius 3 is 2.35 bits per heavy atom. The Labute approximate surface area is 157 Å². The van der Waals surface area contributed by atoms with E-state index in [-0.39, 0.29) is 12.8 Å². The molecule has 6 nitrogen and oxygen atoms in total. The predicted molar refractivity (Wildman–Crippen MR) is 100 cm³/mol. The molecule has 150 valence electrons. The number of ether oxygens (including phenoxy) is 1. The summed E-state index contributed by atoms with van der Waals surface area (Å²) in [5, 5.41) is 20.8. The summed E-state index contributed by atoms with van der Waals surface area (Å²) in [7, 11) is 5.68. The second-order valence-corrected chi connectivity index (χ2v) is 7.52. The van der Waals surface area contributed by atoms with Crippen molar-refractivity contribution in [1.29, 1.82) is 0 Å². The van der Waals surface area contributed by atoms with Gasteiger partial charge in [-0.05, 0) is 32.1 Å². The van der Waals surface area contributed by atoms with Gasteiger partial charge in [-0.3, -0.25) is 4.79 Å². The fourth-order valence-corrected chi connectivity index (χ4v) is 2.46. The third kappa shape index (κ3) is 15.8. The molecule has 0 radical (unpaired) electrons. The maximum atomic E-state index is 11.9. The molecule has 0 spiro atoms. The first-order chi connectivity index (χ1) is 12.1. The van der Waals surface area contributed by atoms with Crippen molar-refractivity contribution in [3.05, 3.63) is 24.3 Å². The molecule has 0 saturated carbocycles.